The van der Waals surface area contributed by atoms with Crippen LogP contribution in [0.3, 0.4) is 0 Å². The number of rotatable bonds is 3. The van der Waals surface area contributed by atoms with Crippen molar-refractivity contribution in [3.05, 3.63) is 56.2 Å². The first-order valence-electron chi connectivity index (χ1n) is 8.50. The monoisotopic (exact) mass is 389 g/mol. The number of hydrogen-bond acceptors (Lipinski definition) is 6. The molecule has 0 saturated heterocycles. The molecule has 2 aliphatic rings. The summed E-state index contributed by atoms with van der Waals surface area (Å²) in [6.45, 7) is 1.88. The number of nitrogens with zero attached hydrogens (tertiary/aromatic N) is 3. The van der Waals surface area contributed by atoms with E-state index in [1.807, 2.05) is 6.92 Å². The summed E-state index contributed by atoms with van der Waals surface area (Å²) >= 11 is 0. The highest BCUT2D eigenvalue weighted by atomic mass is 32.2. The summed E-state index contributed by atoms with van der Waals surface area (Å²) in [5.41, 5.74) is -0.277. The maximum atomic E-state index is 12.6. The minimum absolute atomic E-state index is 0.159. The molecule has 0 amide bonds. The molecule has 1 aromatic heterocycles. The van der Waals surface area contributed by atoms with Gasteiger partial charge in [-0.05, 0) is 31.9 Å². The molecule has 1 spiro atoms. The fourth-order valence-corrected chi connectivity index (χ4v) is 4.37. The van der Waals surface area contributed by atoms with Gasteiger partial charge in [0.1, 0.15) is 5.88 Å². The number of aliphatic imine (C=N–C) groups is 1. The molecular weight excluding hydrogens is 370 g/mol. The van der Waals surface area contributed by atoms with E-state index >= 15 is 0 Å². The molecule has 0 atom stereocenters. The molecule has 1 fully saturated rings. The summed E-state index contributed by atoms with van der Waals surface area (Å²) < 4.78 is 33.1. The Morgan fingerprint density at radius 2 is 1.74 bits per heavy atom. The third kappa shape index (κ3) is 2.56. The smallest absolute Gasteiger partial charge is 0.333 e. The zero-order valence-electron chi connectivity index (χ0n) is 15.2. The summed E-state index contributed by atoms with van der Waals surface area (Å²) in [5.74, 6) is -0.117. The second kappa shape index (κ2) is 5.66. The van der Waals surface area contributed by atoms with Crippen molar-refractivity contribution in [1.82, 2.24) is 9.13 Å². The van der Waals surface area contributed by atoms with Crippen molar-refractivity contribution in [3.8, 4) is 5.88 Å². The van der Waals surface area contributed by atoms with Crippen molar-refractivity contribution in [2.24, 2.45) is 19.1 Å². The van der Waals surface area contributed by atoms with Crippen LogP contribution < -0.4 is 16.0 Å². The first-order valence-corrected chi connectivity index (χ1v) is 10.2. The summed E-state index contributed by atoms with van der Waals surface area (Å²) in [6, 6.07) is 6.54. The zero-order valence-corrected chi connectivity index (χ0v) is 16.0. The third-order valence-corrected chi connectivity index (χ3v) is 6.66. The van der Waals surface area contributed by atoms with Gasteiger partial charge in [0, 0.05) is 14.1 Å². The molecule has 9 heteroatoms. The molecule has 142 valence electrons. The van der Waals surface area contributed by atoms with Gasteiger partial charge < -0.3 is 4.74 Å². The molecule has 1 aromatic carbocycles. The van der Waals surface area contributed by atoms with E-state index in [1.54, 1.807) is 24.3 Å². The molecule has 1 aliphatic heterocycles. The highest BCUT2D eigenvalue weighted by Crippen LogP contribution is 2.54. The lowest BCUT2D eigenvalue weighted by Gasteiger charge is -2.07. The van der Waals surface area contributed by atoms with Crippen LogP contribution in [-0.4, -0.2) is 29.3 Å². The van der Waals surface area contributed by atoms with Gasteiger partial charge in [0.15, 0.2) is 9.84 Å². The van der Waals surface area contributed by atoms with Crippen molar-refractivity contribution >= 4 is 15.7 Å². The fourth-order valence-electron chi connectivity index (χ4n) is 3.39. The van der Waals surface area contributed by atoms with Gasteiger partial charge >= 0.3 is 5.69 Å². The summed E-state index contributed by atoms with van der Waals surface area (Å²) in [7, 11) is -0.699. The van der Waals surface area contributed by atoms with Gasteiger partial charge in [-0.25, -0.2) is 18.2 Å². The molecular formula is C18H19N3O5S. The Hall–Kier alpha value is -2.68. The Kier molecular flexibility index (Phi) is 3.71. The highest BCUT2D eigenvalue weighted by molar-refractivity contribution is 7.91. The van der Waals surface area contributed by atoms with Gasteiger partial charge in [0.2, 0.25) is 11.8 Å². The van der Waals surface area contributed by atoms with Crippen LogP contribution in [0.25, 0.3) is 0 Å². The van der Waals surface area contributed by atoms with Crippen molar-refractivity contribution in [2.75, 3.05) is 5.88 Å². The number of benzene rings is 1. The van der Waals surface area contributed by atoms with Crippen LogP contribution >= 0.6 is 0 Å². The van der Waals surface area contributed by atoms with Crippen LogP contribution in [0.15, 0.2) is 43.7 Å². The Morgan fingerprint density at radius 3 is 2.33 bits per heavy atom. The van der Waals surface area contributed by atoms with E-state index in [0.29, 0.717) is 18.4 Å². The maximum Gasteiger partial charge on any atom is 0.333 e. The van der Waals surface area contributed by atoms with Crippen LogP contribution in [-0.2, 0) is 29.3 Å². The predicted octanol–water partition coefficient (Wildman–Crippen LogP) is 0.646. The molecule has 0 N–H and O–H groups in total. The Bertz CT molecular complexity index is 1200. The lowest BCUT2D eigenvalue weighted by molar-refractivity contribution is 0.485. The van der Waals surface area contributed by atoms with Gasteiger partial charge in [0.05, 0.1) is 15.9 Å². The average Bonchev–Trinajstić information content (AvgIpc) is 3.34. The Balaban J connectivity index is 1.73. The number of sulfone groups is 1. The van der Waals surface area contributed by atoms with Crippen molar-refractivity contribution in [2.45, 2.75) is 30.1 Å². The van der Waals surface area contributed by atoms with Gasteiger partial charge in [-0.15, -0.1) is 0 Å². The van der Waals surface area contributed by atoms with Gasteiger partial charge in [-0.1, -0.05) is 17.7 Å². The summed E-state index contributed by atoms with van der Waals surface area (Å²) in [4.78, 5) is 29.1. The number of hydrogen-bond donors (Lipinski definition) is 0. The minimum Gasteiger partial charge on any atom is -0.425 e. The molecule has 0 bridgehead atoms. The maximum absolute atomic E-state index is 12.6. The fraction of sp³-hybridized carbons (Fsp3) is 0.389. The highest BCUT2D eigenvalue weighted by Gasteiger charge is 2.59. The standard InChI is InChI=1S/C18H19N3O5S/c1-11-4-6-12(7-5-11)27(24,25)10-19-16-18(8-9-18)13-14(22)20(2)17(23)21(3)15(13)26-16/h4-7H,8-10H2,1-3H3/b19-16-. The van der Waals surface area contributed by atoms with Crippen molar-refractivity contribution < 1.29 is 13.2 Å². The number of fused-ring (bicyclic) bond motifs is 2. The zero-order chi connectivity index (χ0) is 19.6. The molecule has 0 unspecified atom stereocenters. The van der Waals surface area contributed by atoms with E-state index in [4.69, 9.17) is 4.74 Å². The molecule has 1 aliphatic carbocycles. The van der Waals surface area contributed by atoms with Crippen LogP contribution in [0.4, 0.5) is 0 Å². The minimum atomic E-state index is -3.63. The van der Waals surface area contributed by atoms with Gasteiger partial charge in [-0.2, -0.15) is 0 Å². The van der Waals surface area contributed by atoms with Crippen LogP contribution in [0.5, 0.6) is 5.88 Å². The van der Waals surface area contributed by atoms with Gasteiger partial charge in [0.25, 0.3) is 5.56 Å². The van der Waals surface area contributed by atoms with E-state index in [-0.39, 0.29) is 16.7 Å². The van der Waals surface area contributed by atoms with Crippen LogP contribution in [0, 0.1) is 6.92 Å². The second-order valence-electron chi connectivity index (χ2n) is 7.09. The topological polar surface area (TPSA) is 99.7 Å². The molecule has 8 nitrogen and oxygen atoms in total. The lowest BCUT2D eigenvalue weighted by Crippen LogP contribution is -2.39. The quantitative estimate of drug-likeness (QED) is 0.767. The predicted molar refractivity (Wildman–Crippen MR) is 99.1 cm³/mol. The molecule has 1 saturated carbocycles. The molecule has 2 aromatic rings. The Labute approximate surface area is 155 Å². The average molecular weight is 389 g/mol. The third-order valence-electron chi connectivity index (χ3n) is 5.20. The van der Waals surface area contributed by atoms with E-state index in [1.165, 1.54) is 18.7 Å². The number of ether oxygens (including phenoxy) is 1. The lowest BCUT2D eigenvalue weighted by atomic mass is 10.0. The van der Waals surface area contributed by atoms with E-state index in [2.05, 4.69) is 4.99 Å². The van der Waals surface area contributed by atoms with E-state index in [0.717, 1.165) is 10.1 Å². The number of aromatic nitrogens is 2. The first-order chi connectivity index (χ1) is 12.7. The van der Waals surface area contributed by atoms with E-state index < -0.39 is 32.4 Å². The van der Waals surface area contributed by atoms with Crippen molar-refractivity contribution in [1.29, 1.82) is 0 Å². The Morgan fingerprint density at radius 1 is 1.11 bits per heavy atom. The van der Waals surface area contributed by atoms with Gasteiger partial charge in [-0.3, -0.25) is 13.9 Å². The second-order valence-corrected chi connectivity index (χ2v) is 9.05. The van der Waals surface area contributed by atoms with Crippen LogP contribution in [0.1, 0.15) is 24.0 Å². The molecule has 27 heavy (non-hydrogen) atoms. The molecule has 2 heterocycles. The first kappa shape index (κ1) is 17.7. The number of aryl methyl sites for hydroxylation is 1. The van der Waals surface area contributed by atoms with Crippen molar-refractivity contribution in [3.63, 3.8) is 0 Å². The SMILES string of the molecule is Cc1ccc(S(=O)(=O)C/N=C2\Oc3c(c(=O)n(C)c(=O)n3C)C23CC3)cc1. The summed E-state index contributed by atoms with van der Waals surface area (Å²) in [5, 5.41) is 0. The molecule has 4 rings (SSSR count). The van der Waals surface area contributed by atoms with E-state index in [9.17, 15) is 18.0 Å². The summed E-state index contributed by atoms with van der Waals surface area (Å²) in [6.07, 6.45) is 1.27. The normalized spacial score (nSPS) is 18.6. The van der Waals surface area contributed by atoms with Crippen LogP contribution in [0.2, 0.25) is 0 Å². The largest absolute Gasteiger partial charge is 0.425 e. The molecule has 0 radical (unpaired) electrons.